The van der Waals surface area contributed by atoms with E-state index >= 15 is 0 Å². The number of anilines is 1. The third kappa shape index (κ3) is 4.79. The molecule has 11 heteroatoms. The van der Waals surface area contributed by atoms with E-state index in [0.29, 0.717) is 24.1 Å². The van der Waals surface area contributed by atoms with E-state index in [1.54, 1.807) is 20.9 Å². The van der Waals surface area contributed by atoms with Gasteiger partial charge in [0, 0.05) is 24.1 Å². The van der Waals surface area contributed by atoms with Gasteiger partial charge in [-0.1, -0.05) is 18.2 Å². The number of nitrogens with zero attached hydrogens (tertiary/aromatic N) is 2. The molecule has 1 aliphatic rings. The summed E-state index contributed by atoms with van der Waals surface area (Å²) >= 11 is 0. The van der Waals surface area contributed by atoms with E-state index in [2.05, 4.69) is 25.6 Å². The van der Waals surface area contributed by atoms with Crippen LogP contribution in [0.4, 0.5) is 19.0 Å². The second-order valence-electron chi connectivity index (χ2n) is 9.23. The van der Waals surface area contributed by atoms with E-state index in [9.17, 15) is 27.9 Å². The molecule has 1 unspecified atom stereocenters. The van der Waals surface area contributed by atoms with E-state index in [4.69, 9.17) is 0 Å². The molecule has 2 heterocycles. The summed E-state index contributed by atoms with van der Waals surface area (Å²) in [7, 11) is 1.56. The van der Waals surface area contributed by atoms with Gasteiger partial charge in [0.1, 0.15) is 23.1 Å². The lowest BCUT2D eigenvalue weighted by molar-refractivity contribution is -0.127. The highest BCUT2D eigenvalue weighted by Crippen LogP contribution is 2.39. The van der Waals surface area contributed by atoms with E-state index in [1.165, 1.54) is 18.2 Å². The van der Waals surface area contributed by atoms with Crippen molar-refractivity contribution < 1.29 is 23.1 Å². The number of benzene rings is 1. The van der Waals surface area contributed by atoms with Crippen LogP contribution in [0.3, 0.4) is 0 Å². The first-order valence-corrected chi connectivity index (χ1v) is 11.7. The van der Waals surface area contributed by atoms with Crippen molar-refractivity contribution in [2.45, 2.75) is 57.6 Å². The number of nitrogens with one attached hydrogen (secondary N) is 3. The Morgan fingerprint density at radius 1 is 1.22 bits per heavy atom. The molecule has 0 bridgehead atoms. The number of amides is 1. The molecule has 1 saturated carbocycles. The van der Waals surface area contributed by atoms with E-state index < -0.39 is 35.0 Å². The molecule has 0 spiro atoms. The van der Waals surface area contributed by atoms with Crippen LogP contribution in [0.1, 0.15) is 67.6 Å². The lowest BCUT2D eigenvalue weighted by Crippen LogP contribution is -2.40. The number of carbonyl (C=O) groups excluding carboxylic acids is 1. The molecule has 4 rings (SSSR count). The number of hydrogen-bond acceptors (Lipinski definition) is 6. The lowest BCUT2D eigenvalue weighted by Gasteiger charge is -2.35. The summed E-state index contributed by atoms with van der Waals surface area (Å²) in [6.45, 7) is 3.23. The molecule has 1 fully saturated rings. The van der Waals surface area contributed by atoms with Crippen LogP contribution < -0.4 is 16.2 Å². The number of aromatic nitrogens is 3. The number of aryl methyl sites for hydroxylation is 1. The topological polar surface area (TPSA) is 120 Å². The Balaban J connectivity index is 1.71. The first-order chi connectivity index (χ1) is 17.0. The Bertz CT molecular complexity index is 1350. The maximum atomic E-state index is 14.7. The number of aliphatic hydroxyl groups is 1. The Kier molecular flexibility index (Phi) is 7.03. The maximum Gasteiger partial charge on any atom is 0.266 e. The van der Waals surface area contributed by atoms with Crippen LogP contribution in [0.25, 0.3) is 11.0 Å². The number of H-pyrrole nitrogens is 1. The smallest absolute Gasteiger partial charge is 0.266 e. The van der Waals surface area contributed by atoms with Crippen LogP contribution in [0.15, 0.2) is 29.1 Å². The highest BCUT2D eigenvalue weighted by molar-refractivity contribution is 5.87. The molecule has 1 atom stereocenters. The standard InChI is InChI=1S/C25H28F3N5O3/c1-12(15-5-4-6-16(19(15)26)20(27)28)30-21-17-11-18(24(35)33-22(17)32-13(2)31-21)25(36)9-7-14(8-10-25)23(34)29-3/h4-6,11-12,14,20,36H,7-10H2,1-3H3,(H,29,34)(H2,30,31,32,33,35). The van der Waals surface area contributed by atoms with Crippen molar-refractivity contribution in [3.63, 3.8) is 0 Å². The minimum absolute atomic E-state index is 0.0352. The zero-order valence-corrected chi connectivity index (χ0v) is 20.2. The average molecular weight is 504 g/mol. The van der Waals surface area contributed by atoms with Crippen LogP contribution >= 0.6 is 0 Å². The third-order valence-corrected chi connectivity index (χ3v) is 6.87. The van der Waals surface area contributed by atoms with Gasteiger partial charge in [-0.3, -0.25) is 9.59 Å². The van der Waals surface area contributed by atoms with Gasteiger partial charge in [0.25, 0.3) is 12.0 Å². The predicted octanol–water partition coefficient (Wildman–Crippen LogP) is 4.00. The van der Waals surface area contributed by atoms with Crippen LogP contribution in [-0.2, 0) is 10.4 Å². The summed E-state index contributed by atoms with van der Waals surface area (Å²) in [5.74, 6) is -0.757. The molecule has 8 nitrogen and oxygen atoms in total. The number of alkyl halides is 2. The molecule has 1 aromatic carbocycles. The van der Waals surface area contributed by atoms with E-state index in [0.717, 1.165) is 6.07 Å². The van der Waals surface area contributed by atoms with Crippen molar-refractivity contribution in [2.24, 2.45) is 5.92 Å². The lowest BCUT2D eigenvalue weighted by atomic mass is 9.75. The van der Waals surface area contributed by atoms with Gasteiger partial charge in [0.2, 0.25) is 5.91 Å². The first-order valence-electron chi connectivity index (χ1n) is 11.7. The molecule has 2 aromatic heterocycles. The molecule has 192 valence electrons. The van der Waals surface area contributed by atoms with Crippen molar-refractivity contribution >= 4 is 22.8 Å². The molecule has 0 radical (unpaired) electrons. The molecule has 1 aliphatic carbocycles. The van der Waals surface area contributed by atoms with Gasteiger partial charge in [-0.15, -0.1) is 0 Å². The largest absolute Gasteiger partial charge is 0.385 e. The maximum absolute atomic E-state index is 14.7. The van der Waals surface area contributed by atoms with Crippen LogP contribution in [-0.4, -0.2) is 33.0 Å². The molecule has 3 aromatic rings. The van der Waals surface area contributed by atoms with Crippen LogP contribution in [0.5, 0.6) is 0 Å². The van der Waals surface area contributed by atoms with Gasteiger partial charge in [0.15, 0.2) is 0 Å². The SMILES string of the molecule is CNC(=O)C1CCC(O)(c2cc3c(NC(C)c4cccc(C(F)F)c4F)nc(C)nc3[nH]c2=O)CC1. The third-order valence-electron chi connectivity index (χ3n) is 6.87. The summed E-state index contributed by atoms with van der Waals surface area (Å²) in [6.07, 6.45) is -1.68. The molecular formula is C25H28F3N5O3. The number of carbonyl (C=O) groups is 1. The van der Waals surface area contributed by atoms with E-state index in [-0.39, 0.29) is 47.3 Å². The van der Waals surface area contributed by atoms with Crippen molar-refractivity contribution in [3.05, 3.63) is 63.0 Å². The van der Waals surface area contributed by atoms with E-state index in [1.807, 2.05) is 0 Å². The molecular weight excluding hydrogens is 475 g/mol. The predicted molar refractivity (Wildman–Crippen MR) is 128 cm³/mol. The number of fused-ring (bicyclic) bond motifs is 1. The summed E-state index contributed by atoms with van der Waals surface area (Å²) in [5, 5.41) is 17.4. The zero-order valence-electron chi connectivity index (χ0n) is 20.2. The minimum atomic E-state index is -2.95. The second kappa shape index (κ2) is 9.88. The number of pyridine rings is 1. The molecule has 36 heavy (non-hydrogen) atoms. The van der Waals surface area contributed by atoms with Gasteiger partial charge in [-0.05, 0) is 45.6 Å². The summed E-state index contributed by atoms with van der Waals surface area (Å²) < 4.78 is 41.1. The highest BCUT2D eigenvalue weighted by Gasteiger charge is 2.39. The molecule has 4 N–H and O–H groups in total. The average Bonchev–Trinajstić information content (AvgIpc) is 2.83. The fraction of sp³-hybridized carbons (Fsp3) is 0.440. The molecule has 1 amide bonds. The van der Waals surface area contributed by atoms with Crippen LogP contribution in [0.2, 0.25) is 0 Å². The van der Waals surface area contributed by atoms with Gasteiger partial charge < -0.3 is 20.7 Å². The van der Waals surface area contributed by atoms with Gasteiger partial charge >= 0.3 is 0 Å². The first kappa shape index (κ1) is 25.6. The monoisotopic (exact) mass is 503 g/mol. The van der Waals surface area contributed by atoms with Crippen molar-refractivity contribution in [1.29, 1.82) is 0 Å². The quantitative estimate of drug-likeness (QED) is 0.404. The van der Waals surface area contributed by atoms with Crippen molar-refractivity contribution in [2.75, 3.05) is 12.4 Å². The number of rotatable bonds is 6. The summed E-state index contributed by atoms with van der Waals surface area (Å²) in [5.41, 5.74) is -2.26. The van der Waals surface area contributed by atoms with Gasteiger partial charge in [-0.25, -0.2) is 23.1 Å². The Morgan fingerprint density at radius 3 is 2.53 bits per heavy atom. The fourth-order valence-corrected chi connectivity index (χ4v) is 4.84. The van der Waals surface area contributed by atoms with Gasteiger partial charge in [0.05, 0.1) is 22.6 Å². The minimum Gasteiger partial charge on any atom is -0.385 e. The summed E-state index contributed by atoms with van der Waals surface area (Å²) in [4.78, 5) is 36.3. The van der Waals surface area contributed by atoms with Crippen molar-refractivity contribution in [3.8, 4) is 0 Å². The normalized spacial score (nSPS) is 20.9. The summed E-state index contributed by atoms with van der Waals surface area (Å²) in [6, 6.07) is 4.58. The molecule has 0 aliphatic heterocycles. The fourth-order valence-electron chi connectivity index (χ4n) is 4.84. The Morgan fingerprint density at radius 2 is 1.89 bits per heavy atom. The Labute approximate surface area is 205 Å². The Hall–Kier alpha value is -3.47. The van der Waals surface area contributed by atoms with Gasteiger partial charge in [-0.2, -0.15) is 0 Å². The van der Waals surface area contributed by atoms with Crippen molar-refractivity contribution in [1.82, 2.24) is 20.3 Å². The second-order valence-corrected chi connectivity index (χ2v) is 9.23. The number of hydrogen-bond donors (Lipinski definition) is 4. The number of halogens is 3. The zero-order chi connectivity index (χ0) is 26.2. The molecule has 0 saturated heterocycles. The highest BCUT2D eigenvalue weighted by atomic mass is 19.3. The number of aromatic amines is 1. The van der Waals surface area contributed by atoms with Crippen LogP contribution in [0, 0.1) is 18.7 Å².